The Morgan fingerprint density at radius 2 is 1.62 bits per heavy atom. The highest BCUT2D eigenvalue weighted by Crippen LogP contribution is 2.39. The van der Waals surface area contributed by atoms with Crippen LogP contribution < -0.4 is 9.64 Å². The summed E-state index contributed by atoms with van der Waals surface area (Å²) in [5.74, 6) is 1.23. The molecule has 1 aliphatic rings. The van der Waals surface area contributed by atoms with Crippen molar-refractivity contribution in [1.82, 2.24) is 0 Å². The second-order valence-electron chi connectivity index (χ2n) is 6.19. The predicted octanol–water partition coefficient (Wildman–Crippen LogP) is 4.54. The van der Waals surface area contributed by atoms with E-state index in [1.54, 1.807) is 6.07 Å². The van der Waals surface area contributed by atoms with Gasteiger partial charge in [-0.1, -0.05) is 48.5 Å². The van der Waals surface area contributed by atoms with E-state index in [0.29, 0.717) is 5.88 Å². The highest BCUT2D eigenvalue weighted by molar-refractivity contribution is 5.71. The fourth-order valence-electron chi connectivity index (χ4n) is 3.05. The van der Waals surface area contributed by atoms with Gasteiger partial charge in [0.15, 0.2) is 17.2 Å². The SMILES string of the molecule is Oc1ccc(C=C2Oc3ccccc3N2CCc2ccccc2)cc1O. The van der Waals surface area contributed by atoms with Gasteiger partial charge in [-0.2, -0.15) is 0 Å². The van der Waals surface area contributed by atoms with Gasteiger partial charge >= 0.3 is 0 Å². The normalized spacial score (nSPS) is 14.3. The van der Waals surface area contributed by atoms with Crippen LogP contribution in [0, 0.1) is 0 Å². The van der Waals surface area contributed by atoms with Crippen LogP contribution in [0.25, 0.3) is 6.08 Å². The van der Waals surface area contributed by atoms with Crippen LogP contribution in [0.3, 0.4) is 0 Å². The third kappa shape index (κ3) is 3.22. The number of aromatic hydroxyl groups is 2. The Morgan fingerprint density at radius 3 is 2.42 bits per heavy atom. The van der Waals surface area contributed by atoms with Crippen LogP contribution in [-0.4, -0.2) is 16.8 Å². The van der Waals surface area contributed by atoms with Gasteiger partial charge in [0.2, 0.25) is 5.88 Å². The Bertz CT molecular complexity index is 951. The topological polar surface area (TPSA) is 52.9 Å². The number of nitrogens with zero attached hydrogens (tertiary/aromatic N) is 1. The lowest BCUT2D eigenvalue weighted by Gasteiger charge is -2.18. The first-order valence-corrected chi connectivity index (χ1v) is 8.53. The highest BCUT2D eigenvalue weighted by Gasteiger charge is 2.25. The zero-order chi connectivity index (χ0) is 17.9. The third-order valence-corrected chi connectivity index (χ3v) is 4.39. The van der Waals surface area contributed by atoms with Crippen molar-refractivity contribution >= 4 is 11.8 Å². The number of phenols is 2. The summed E-state index contributed by atoms with van der Waals surface area (Å²) >= 11 is 0. The average Bonchev–Trinajstić information content (AvgIpc) is 3.01. The van der Waals surface area contributed by atoms with Gasteiger partial charge < -0.3 is 19.8 Å². The van der Waals surface area contributed by atoms with Gasteiger partial charge in [-0.3, -0.25) is 0 Å². The van der Waals surface area contributed by atoms with Crippen LogP contribution in [0.4, 0.5) is 5.69 Å². The number of hydrogen-bond donors (Lipinski definition) is 2. The molecule has 0 aliphatic carbocycles. The minimum Gasteiger partial charge on any atom is -0.504 e. The second-order valence-corrected chi connectivity index (χ2v) is 6.19. The van der Waals surface area contributed by atoms with Crippen molar-refractivity contribution in [1.29, 1.82) is 0 Å². The summed E-state index contributed by atoms with van der Waals surface area (Å²) in [6, 6.07) is 23.0. The predicted molar refractivity (Wildman–Crippen MR) is 102 cm³/mol. The number of rotatable bonds is 4. The monoisotopic (exact) mass is 345 g/mol. The number of hydrogen-bond acceptors (Lipinski definition) is 4. The molecule has 0 amide bonds. The molecule has 0 unspecified atom stereocenters. The van der Waals surface area contributed by atoms with E-state index in [1.165, 1.54) is 17.7 Å². The van der Waals surface area contributed by atoms with Gasteiger partial charge in [0.25, 0.3) is 0 Å². The third-order valence-electron chi connectivity index (χ3n) is 4.39. The Kier molecular flexibility index (Phi) is 4.23. The van der Waals surface area contributed by atoms with Crippen molar-refractivity contribution < 1.29 is 14.9 Å². The molecule has 0 saturated heterocycles. The molecule has 0 fully saturated rings. The van der Waals surface area contributed by atoms with Crippen molar-refractivity contribution in [3.63, 3.8) is 0 Å². The molecule has 1 aliphatic heterocycles. The molecule has 130 valence electrons. The number of benzene rings is 3. The van der Waals surface area contributed by atoms with E-state index < -0.39 is 0 Å². The first-order valence-electron chi connectivity index (χ1n) is 8.53. The average molecular weight is 345 g/mol. The Balaban J connectivity index is 1.64. The van der Waals surface area contributed by atoms with Crippen LogP contribution in [0.5, 0.6) is 17.2 Å². The van der Waals surface area contributed by atoms with E-state index in [-0.39, 0.29) is 11.5 Å². The molecule has 0 saturated carbocycles. The van der Waals surface area contributed by atoms with Gasteiger partial charge in [-0.15, -0.1) is 0 Å². The minimum absolute atomic E-state index is 0.135. The molecule has 4 rings (SSSR count). The highest BCUT2D eigenvalue weighted by atomic mass is 16.5. The second kappa shape index (κ2) is 6.84. The lowest BCUT2D eigenvalue weighted by Crippen LogP contribution is -2.22. The molecule has 2 N–H and O–H groups in total. The maximum absolute atomic E-state index is 9.73. The van der Waals surface area contributed by atoms with Gasteiger partial charge in [-0.05, 0) is 41.8 Å². The van der Waals surface area contributed by atoms with Crippen LogP contribution in [-0.2, 0) is 6.42 Å². The number of para-hydroxylation sites is 2. The summed E-state index contributed by atoms with van der Waals surface area (Å²) in [6.45, 7) is 0.775. The zero-order valence-electron chi connectivity index (χ0n) is 14.2. The molecular weight excluding hydrogens is 326 g/mol. The van der Waals surface area contributed by atoms with Crippen LogP contribution >= 0.6 is 0 Å². The van der Waals surface area contributed by atoms with E-state index in [1.807, 2.05) is 48.5 Å². The molecule has 26 heavy (non-hydrogen) atoms. The number of phenolic OH excluding ortho intramolecular Hbond substituents is 2. The van der Waals surface area contributed by atoms with Crippen LogP contribution in [0.15, 0.2) is 78.7 Å². The van der Waals surface area contributed by atoms with Gasteiger partial charge in [0, 0.05) is 12.6 Å². The summed E-state index contributed by atoms with van der Waals surface area (Å²) in [7, 11) is 0. The van der Waals surface area contributed by atoms with E-state index >= 15 is 0 Å². The largest absolute Gasteiger partial charge is 0.504 e. The zero-order valence-corrected chi connectivity index (χ0v) is 14.2. The quantitative estimate of drug-likeness (QED) is 0.682. The molecule has 0 atom stereocenters. The maximum atomic E-state index is 9.73. The fraction of sp³-hybridized carbons (Fsp3) is 0.0909. The van der Waals surface area contributed by atoms with Gasteiger partial charge in [0.1, 0.15) is 0 Å². The van der Waals surface area contributed by atoms with Crippen molar-refractivity contribution in [2.75, 3.05) is 11.4 Å². The minimum atomic E-state index is -0.148. The van der Waals surface area contributed by atoms with Gasteiger partial charge in [0.05, 0.1) is 5.69 Å². The molecule has 4 heteroatoms. The lowest BCUT2D eigenvalue weighted by molar-refractivity contribution is 0.403. The number of ether oxygens (including phenoxy) is 1. The van der Waals surface area contributed by atoms with Crippen molar-refractivity contribution in [2.45, 2.75) is 6.42 Å². The molecular formula is C22H19NO3. The van der Waals surface area contributed by atoms with E-state index in [4.69, 9.17) is 4.74 Å². The molecule has 4 nitrogen and oxygen atoms in total. The van der Waals surface area contributed by atoms with Crippen LogP contribution in [0.2, 0.25) is 0 Å². The number of anilines is 1. The molecule has 3 aromatic rings. The number of fused-ring (bicyclic) bond motifs is 1. The fourth-order valence-corrected chi connectivity index (χ4v) is 3.05. The molecule has 0 spiro atoms. The summed E-state index contributed by atoms with van der Waals surface area (Å²) in [5, 5.41) is 19.2. The smallest absolute Gasteiger partial charge is 0.201 e. The Hall–Kier alpha value is -3.40. The van der Waals surface area contributed by atoms with Crippen molar-refractivity contribution in [3.8, 4) is 17.2 Å². The van der Waals surface area contributed by atoms with Crippen molar-refractivity contribution in [3.05, 3.63) is 89.8 Å². The first kappa shape index (κ1) is 16.1. The molecule has 0 aromatic heterocycles. The molecule has 0 radical (unpaired) electrons. The van der Waals surface area contributed by atoms with Crippen LogP contribution in [0.1, 0.15) is 11.1 Å². The standard InChI is InChI=1S/C22H19NO3/c24-19-11-10-17(14-20(19)25)15-22-23(13-12-16-6-2-1-3-7-16)18-8-4-5-9-21(18)26-22/h1-11,14-15,24-25H,12-13H2. The molecule has 1 heterocycles. The van der Waals surface area contributed by atoms with Gasteiger partial charge in [-0.25, -0.2) is 0 Å². The summed E-state index contributed by atoms with van der Waals surface area (Å²) in [5.41, 5.74) is 3.05. The van der Waals surface area contributed by atoms with E-state index in [0.717, 1.165) is 30.0 Å². The first-order chi connectivity index (χ1) is 12.7. The Labute approximate surface area is 152 Å². The van der Waals surface area contributed by atoms with E-state index in [9.17, 15) is 10.2 Å². The lowest BCUT2D eigenvalue weighted by atomic mass is 10.1. The van der Waals surface area contributed by atoms with Crippen molar-refractivity contribution in [2.24, 2.45) is 0 Å². The molecule has 3 aromatic carbocycles. The Morgan fingerprint density at radius 1 is 0.846 bits per heavy atom. The van der Waals surface area contributed by atoms with E-state index in [2.05, 4.69) is 17.0 Å². The summed E-state index contributed by atoms with van der Waals surface area (Å²) < 4.78 is 6.02. The maximum Gasteiger partial charge on any atom is 0.201 e. The summed E-state index contributed by atoms with van der Waals surface area (Å²) in [4.78, 5) is 2.13. The summed E-state index contributed by atoms with van der Waals surface area (Å²) in [6.07, 6.45) is 2.75. The molecule has 0 bridgehead atoms.